The van der Waals surface area contributed by atoms with Crippen LogP contribution in [0.25, 0.3) is 0 Å². The third-order valence-electron chi connectivity index (χ3n) is 3.63. The first kappa shape index (κ1) is 13.3. The molecule has 0 bridgehead atoms. The van der Waals surface area contributed by atoms with Crippen molar-refractivity contribution in [1.29, 1.82) is 0 Å². The maximum absolute atomic E-state index is 12.3. The van der Waals surface area contributed by atoms with E-state index in [1.807, 2.05) is 12.1 Å². The van der Waals surface area contributed by atoms with Crippen LogP contribution in [0, 0.1) is 5.92 Å². The van der Waals surface area contributed by atoms with E-state index < -0.39 is 0 Å². The van der Waals surface area contributed by atoms with Gasteiger partial charge in [-0.2, -0.15) is 0 Å². The molecule has 0 N–H and O–H groups in total. The van der Waals surface area contributed by atoms with Gasteiger partial charge in [0.15, 0.2) is 5.78 Å². The highest BCUT2D eigenvalue weighted by molar-refractivity contribution is 5.97. The second-order valence-corrected chi connectivity index (χ2v) is 6.08. The molecule has 0 aromatic heterocycles. The second-order valence-electron chi connectivity index (χ2n) is 6.08. The standard InChI is InChI=1S/C16H22O2/c1-16(2,3)14-6-4-12(5-7-14)15(17)13-8-10-18-11-9-13/h4-7,13H,8-11H2,1-3H3. The van der Waals surface area contributed by atoms with Gasteiger partial charge in [0.1, 0.15) is 0 Å². The van der Waals surface area contributed by atoms with E-state index in [9.17, 15) is 4.79 Å². The predicted molar refractivity (Wildman–Crippen MR) is 73.0 cm³/mol. The Labute approximate surface area is 109 Å². The third-order valence-corrected chi connectivity index (χ3v) is 3.63. The van der Waals surface area contributed by atoms with Gasteiger partial charge in [-0.15, -0.1) is 0 Å². The summed E-state index contributed by atoms with van der Waals surface area (Å²) in [6.45, 7) is 7.99. The minimum absolute atomic E-state index is 0.139. The van der Waals surface area contributed by atoms with Crippen LogP contribution >= 0.6 is 0 Å². The van der Waals surface area contributed by atoms with Crippen LogP contribution in [-0.4, -0.2) is 19.0 Å². The molecule has 1 heterocycles. The summed E-state index contributed by atoms with van der Waals surface area (Å²) in [6.07, 6.45) is 1.72. The lowest BCUT2D eigenvalue weighted by Crippen LogP contribution is -2.23. The van der Waals surface area contributed by atoms with Crippen LogP contribution < -0.4 is 0 Å². The van der Waals surface area contributed by atoms with Crippen LogP contribution in [0.2, 0.25) is 0 Å². The molecule has 1 aromatic rings. The zero-order chi connectivity index (χ0) is 13.2. The average Bonchev–Trinajstić information content (AvgIpc) is 2.38. The van der Waals surface area contributed by atoms with Gasteiger partial charge in [0.2, 0.25) is 0 Å². The number of carbonyl (C=O) groups excluding carboxylic acids is 1. The second kappa shape index (κ2) is 5.23. The van der Waals surface area contributed by atoms with Gasteiger partial charge in [-0.25, -0.2) is 0 Å². The lowest BCUT2D eigenvalue weighted by atomic mass is 9.85. The molecule has 2 rings (SSSR count). The summed E-state index contributed by atoms with van der Waals surface area (Å²) in [5, 5.41) is 0. The van der Waals surface area contributed by atoms with Crippen LogP contribution in [0.3, 0.4) is 0 Å². The molecule has 0 saturated carbocycles. The van der Waals surface area contributed by atoms with Gasteiger partial charge in [0, 0.05) is 24.7 Å². The number of ether oxygens (including phenoxy) is 1. The first-order valence-corrected chi connectivity index (χ1v) is 6.71. The summed E-state index contributed by atoms with van der Waals surface area (Å²) in [5.41, 5.74) is 2.25. The van der Waals surface area contributed by atoms with Crippen molar-refractivity contribution in [2.24, 2.45) is 5.92 Å². The van der Waals surface area contributed by atoms with Gasteiger partial charge in [0.25, 0.3) is 0 Å². The van der Waals surface area contributed by atoms with E-state index in [1.54, 1.807) is 0 Å². The molecule has 1 fully saturated rings. The lowest BCUT2D eigenvalue weighted by molar-refractivity contribution is 0.0545. The van der Waals surface area contributed by atoms with E-state index in [2.05, 4.69) is 32.9 Å². The Kier molecular flexibility index (Phi) is 3.86. The zero-order valence-corrected chi connectivity index (χ0v) is 11.5. The average molecular weight is 246 g/mol. The molecular formula is C16H22O2. The molecule has 0 aliphatic carbocycles. The molecule has 0 amide bonds. The van der Waals surface area contributed by atoms with Crippen molar-refractivity contribution in [2.75, 3.05) is 13.2 Å². The van der Waals surface area contributed by atoms with E-state index in [0.717, 1.165) is 31.6 Å². The highest BCUT2D eigenvalue weighted by atomic mass is 16.5. The molecule has 2 heteroatoms. The Balaban J connectivity index is 2.11. The number of hydrogen-bond acceptors (Lipinski definition) is 2. The van der Waals surface area contributed by atoms with Crippen molar-refractivity contribution < 1.29 is 9.53 Å². The number of ketones is 1. The van der Waals surface area contributed by atoms with E-state index in [0.29, 0.717) is 0 Å². The van der Waals surface area contributed by atoms with E-state index in [4.69, 9.17) is 4.74 Å². The fraction of sp³-hybridized carbons (Fsp3) is 0.562. The normalized spacial score (nSPS) is 17.7. The van der Waals surface area contributed by atoms with Crippen molar-refractivity contribution in [3.63, 3.8) is 0 Å². The predicted octanol–water partition coefficient (Wildman–Crippen LogP) is 3.59. The summed E-state index contributed by atoms with van der Waals surface area (Å²) in [5.74, 6) is 0.429. The number of benzene rings is 1. The fourth-order valence-electron chi connectivity index (χ4n) is 2.33. The summed E-state index contributed by atoms with van der Waals surface area (Å²) < 4.78 is 5.30. The molecule has 18 heavy (non-hydrogen) atoms. The van der Waals surface area contributed by atoms with Gasteiger partial charge in [-0.05, 0) is 23.8 Å². The Hall–Kier alpha value is -1.15. The Morgan fingerprint density at radius 3 is 2.17 bits per heavy atom. The number of Topliss-reactive ketones (excluding diaryl/α,β-unsaturated/α-hetero) is 1. The lowest BCUT2D eigenvalue weighted by Gasteiger charge is -2.22. The topological polar surface area (TPSA) is 26.3 Å². The van der Waals surface area contributed by atoms with Gasteiger partial charge >= 0.3 is 0 Å². The van der Waals surface area contributed by atoms with Crippen LogP contribution in [0.5, 0.6) is 0 Å². The fourth-order valence-corrected chi connectivity index (χ4v) is 2.33. The van der Waals surface area contributed by atoms with Gasteiger partial charge in [0.05, 0.1) is 0 Å². The van der Waals surface area contributed by atoms with Crippen molar-refractivity contribution in [3.05, 3.63) is 35.4 Å². The largest absolute Gasteiger partial charge is 0.381 e. The van der Waals surface area contributed by atoms with Gasteiger partial charge < -0.3 is 4.74 Å². The Morgan fingerprint density at radius 2 is 1.67 bits per heavy atom. The quantitative estimate of drug-likeness (QED) is 0.745. The smallest absolute Gasteiger partial charge is 0.166 e. The molecule has 0 unspecified atom stereocenters. The van der Waals surface area contributed by atoms with E-state index >= 15 is 0 Å². The summed E-state index contributed by atoms with van der Waals surface area (Å²) in [4.78, 5) is 12.3. The Bertz CT molecular complexity index is 406. The van der Waals surface area contributed by atoms with E-state index in [-0.39, 0.29) is 17.1 Å². The molecule has 1 aromatic carbocycles. The van der Waals surface area contributed by atoms with Crippen LogP contribution in [0.4, 0.5) is 0 Å². The van der Waals surface area contributed by atoms with Crippen LogP contribution in [0.1, 0.15) is 49.5 Å². The van der Waals surface area contributed by atoms with Crippen molar-refractivity contribution in [2.45, 2.75) is 39.0 Å². The molecule has 1 saturated heterocycles. The highest BCUT2D eigenvalue weighted by Crippen LogP contribution is 2.24. The zero-order valence-electron chi connectivity index (χ0n) is 11.5. The minimum atomic E-state index is 0.139. The minimum Gasteiger partial charge on any atom is -0.381 e. The molecule has 1 aliphatic rings. The van der Waals surface area contributed by atoms with E-state index in [1.165, 1.54) is 5.56 Å². The number of carbonyl (C=O) groups is 1. The summed E-state index contributed by atoms with van der Waals surface area (Å²) in [6, 6.07) is 8.09. The van der Waals surface area contributed by atoms with Gasteiger partial charge in [-0.1, -0.05) is 45.0 Å². The van der Waals surface area contributed by atoms with Crippen molar-refractivity contribution in [3.8, 4) is 0 Å². The molecular weight excluding hydrogens is 224 g/mol. The molecule has 0 atom stereocenters. The SMILES string of the molecule is CC(C)(C)c1ccc(C(=O)C2CCOCC2)cc1. The monoisotopic (exact) mass is 246 g/mol. The molecule has 2 nitrogen and oxygen atoms in total. The van der Waals surface area contributed by atoms with Crippen LogP contribution in [0.15, 0.2) is 24.3 Å². The van der Waals surface area contributed by atoms with Crippen molar-refractivity contribution >= 4 is 5.78 Å². The summed E-state index contributed by atoms with van der Waals surface area (Å²) in [7, 11) is 0. The number of rotatable bonds is 2. The molecule has 1 aliphatic heterocycles. The molecule has 98 valence electrons. The molecule has 0 radical (unpaired) electrons. The maximum atomic E-state index is 12.3. The maximum Gasteiger partial charge on any atom is 0.166 e. The first-order chi connectivity index (χ1) is 8.48. The summed E-state index contributed by atoms with van der Waals surface area (Å²) >= 11 is 0. The van der Waals surface area contributed by atoms with Crippen molar-refractivity contribution in [1.82, 2.24) is 0 Å². The number of hydrogen-bond donors (Lipinski definition) is 0. The first-order valence-electron chi connectivity index (χ1n) is 6.71. The highest BCUT2D eigenvalue weighted by Gasteiger charge is 2.23. The van der Waals surface area contributed by atoms with Crippen LogP contribution in [-0.2, 0) is 10.2 Å². The Morgan fingerprint density at radius 1 is 1.11 bits per heavy atom. The van der Waals surface area contributed by atoms with Gasteiger partial charge in [-0.3, -0.25) is 4.79 Å². The molecule has 0 spiro atoms. The third kappa shape index (κ3) is 2.99.